The van der Waals surface area contributed by atoms with Crippen LogP contribution >= 0.6 is 0 Å². The molecular weight excluding hydrogens is 301 g/mol. The average molecular weight is 317 g/mol. The molecule has 120 valence electrons. The predicted molar refractivity (Wildman–Crippen MR) is 84.4 cm³/mol. The normalized spacial score (nSPS) is 10.7. The molecule has 0 spiro atoms. The van der Waals surface area contributed by atoms with Gasteiger partial charge in [0.2, 0.25) is 6.20 Å². The fourth-order valence-corrected chi connectivity index (χ4v) is 1.93. The van der Waals surface area contributed by atoms with Gasteiger partial charge in [0.15, 0.2) is 11.5 Å². The van der Waals surface area contributed by atoms with Crippen molar-refractivity contribution in [2.45, 2.75) is 13.5 Å². The van der Waals surface area contributed by atoms with Gasteiger partial charge in [-0.1, -0.05) is 24.3 Å². The van der Waals surface area contributed by atoms with E-state index in [0.717, 1.165) is 6.20 Å². The Kier molecular flexibility index (Phi) is 5.68. The highest BCUT2D eigenvalue weighted by Crippen LogP contribution is 2.30. The maximum Gasteiger partial charge on any atom is 0.235 e. The summed E-state index contributed by atoms with van der Waals surface area (Å²) in [6.07, 6.45) is 2.22. The lowest BCUT2D eigenvalue weighted by Gasteiger charge is -2.13. The molecule has 5 nitrogen and oxygen atoms in total. The molecule has 0 bridgehead atoms. The van der Waals surface area contributed by atoms with Crippen LogP contribution in [0.4, 0.5) is 4.39 Å². The summed E-state index contributed by atoms with van der Waals surface area (Å²) in [6, 6.07) is 11.3. The van der Waals surface area contributed by atoms with E-state index in [1.807, 2.05) is 6.92 Å². The van der Waals surface area contributed by atoms with Crippen molar-refractivity contribution < 1.29 is 18.8 Å². The van der Waals surface area contributed by atoms with Gasteiger partial charge in [-0.3, -0.25) is 10.1 Å². The number of hydrogen-bond donors (Lipinski definition) is 0. The van der Waals surface area contributed by atoms with Crippen LogP contribution in [0.1, 0.15) is 18.1 Å². The van der Waals surface area contributed by atoms with Crippen molar-refractivity contribution in [3.05, 3.63) is 75.7 Å². The summed E-state index contributed by atoms with van der Waals surface area (Å²) < 4.78 is 24.7. The van der Waals surface area contributed by atoms with Crippen LogP contribution in [0.5, 0.6) is 11.5 Å². The number of ether oxygens (including phenoxy) is 2. The minimum atomic E-state index is -0.539. The molecule has 0 aliphatic carbocycles. The first-order chi connectivity index (χ1) is 11.1. The fourth-order valence-electron chi connectivity index (χ4n) is 1.93. The van der Waals surface area contributed by atoms with Crippen molar-refractivity contribution in [3.63, 3.8) is 0 Å². The van der Waals surface area contributed by atoms with Crippen LogP contribution in [0.2, 0.25) is 0 Å². The van der Waals surface area contributed by atoms with Gasteiger partial charge < -0.3 is 9.47 Å². The Morgan fingerprint density at radius 2 is 1.96 bits per heavy atom. The molecule has 0 heterocycles. The Hall–Kier alpha value is -2.89. The highest BCUT2D eigenvalue weighted by atomic mass is 19.1. The molecule has 6 heteroatoms. The first-order valence-electron chi connectivity index (χ1n) is 7.05. The molecule has 2 rings (SSSR count). The molecule has 0 amide bonds. The van der Waals surface area contributed by atoms with E-state index in [2.05, 4.69) is 0 Å². The van der Waals surface area contributed by atoms with Crippen LogP contribution in [0.25, 0.3) is 6.08 Å². The van der Waals surface area contributed by atoms with Crippen molar-refractivity contribution in [3.8, 4) is 11.5 Å². The summed E-state index contributed by atoms with van der Waals surface area (Å²) in [4.78, 5) is 9.83. The summed E-state index contributed by atoms with van der Waals surface area (Å²) in [6.45, 7) is 2.30. The van der Waals surface area contributed by atoms with Gasteiger partial charge in [-0.25, -0.2) is 4.39 Å². The molecule has 0 unspecified atom stereocenters. The molecule has 0 saturated heterocycles. The largest absolute Gasteiger partial charge is 0.490 e. The Bertz CT molecular complexity index is 715. The second kappa shape index (κ2) is 7.93. The molecule has 0 N–H and O–H groups in total. The van der Waals surface area contributed by atoms with Crippen molar-refractivity contribution in [1.29, 1.82) is 0 Å². The first kappa shape index (κ1) is 16.5. The van der Waals surface area contributed by atoms with Crippen LogP contribution in [0.15, 0.2) is 48.7 Å². The van der Waals surface area contributed by atoms with Crippen molar-refractivity contribution in [1.82, 2.24) is 0 Å². The second-order valence-electron chi connectivity index (χ2n) is 4.62. The zero-order valence-electron chi connectivity index (χ0n) is 12.6. The number of nitrogens with zero attached hydrogens (tertiary/aromatic N) is 1. The minimum absolute atomic E-state index is 0.0663. The topological polar surface area (TPSA) is 61.6 Å². The highest BCUT2D eigenvalue weighted by molar-refractivity contribution is 5.55. The van der Waals surface area contributed by atoms with Crippen LogP contribution in [0, 0.1) is 15.9 Å². The molecule has 0 aliphatic rings. The predicted octanol–water partition coefficient (Wildman–Crippen LogP) is 4.05. The summed E-state index contributed by atoms with van der Waals surface area (Å²) in [5.41, 5.74) is 1.05. The lowest BCUT2D eigenvalue weighted by atomic mass is 10.2. The van der Waals surface area contributed by atoms with E-state index in [1.165, 1.54) is 12.1 Å². The van der Waals surface area contributed by atoms with Gasteiger partial charge in [0.05, 0.1) is 11.5 Å². The standard InChI is InChI=1S/C17H16FNO4/c1-2-22-17-11-13(9-10-19(20)21)7-8-16(17)23-12-14-5-3-4-6-15(14)18/h3-11H,2,12H2,1H3. The summed E-state index contributed by atoms with van der Waals surface area (Å²) >= 11 is 0. The Balaban J connectivity index is 2.17. The first-order valence-corrected chi connectivity index (χ1v) is 7.05. The van der Waals surface area contributed by atoms with Gasteiger partial charge in [-0.05, 0) is 30.7 Å². The lowest BCUT2D eigenvalue weighted by Crippen LogP contribution is -2.01. The SMILES string of the molecule is CCOc1cc(C=C[N+](=O)[O-])ccc1OCc1ccccc1F. The van der Waals surface area contributed by atoms with Gasteiger partial charge in [0, 0.05) is 11.6 Å². The lowest BCUT2D eigenvalue weighted by molar-refractivity contribution is -0.400. The second-order valence-corrected chi connectivity index (χ2v) is 4.62. The van der Waals surface area contributed by atoms with E-state index in [0.29, 0.717) is 29.2 Å². The Morgan fingerprint density at radius 1 is 1.17 bits per heavy atom. The number of benzene rings is 2. The smallest absolute Gasteiger partial charge is 0.235 e. The molecule has 2 aromatic carbocycles. The van der Waals surface area contributed by atoms with Crippen LogP contribution in [-0.2, 0) is 6.61 Å². The van der Waals surface area contributed by atoms with E-state index in [-0.39, 0.29) is 12.4 Å². The Morgan fingerprint density at radius 3 is 2.65 bits per heavy atom. The van der Waals surface area contributed by atoms with Gasteiger partial charge >= 0.3 is 0 Å². The zero-order valence-corrected chi connectivity index (χ0v) is 12.6. The molecular formula is C17H16FNO4. The number of halogens is 1. The number of hydrogen-bond acceptors (Lipinski definition) is 4. The molecule has 0 fully saturated rings. The summed E-state index contributed by atoms with van der Waals surface area (Å²) in [7, 11) is 0. The van der Waals surface area contributed by atoms with Crippen LogP contribution in [0.3, 0.4) is 0 Å². The van der Waals surface area contributed by atoms with E-state index >= 15 is 0 Å². The fraction of sp³-hybridized carbons (Fsp3) is 0.176. The molecule has 2 aromatic rings. The molecule has 0 radical (unpaired) electrons. The third-order valence-electron chi connectivity index (χ3n) is 3.00. The van der Waals surface area contributed by atoms with Gasteiger partial charge in [-0.15, -0.1) is 0 Å². The molecule has 0 aromatic heterocycles. The Labute approximate surface area is 133 Å². The highest BCUT2D eigenvalue weighted by Gasteiger charge is 2.08. The van der Waals surface area contributed by atoms with Gasteiger partial charge in [-0.2, -0.15) is 0 Å². The summed E-state index contributed by atoms with van der Waals surface area (Å²) in [5.74, 6) is 0.568. The van der Waals surface area contributed by atoms with E-state index < -0.39 is 4.92 Å². The van der Waals surface area contributed by atoms with Gasteiger partial charge in [0.25, 0.3) is 0 Å². The molecule has 0 aliphatic heterocycles. The average Bonchev–Trinajstić information content (AvgIpc) is 2.53. The van der Waals surface area contributed by atoms with Gasteiger partial charge in [0.1, 0.15) is 12.4 Å². The maximum absolute atomic E-state index is 13.6. The third kappa shape index (κ3) is 4.81. The zero-order chi connectivity index (χ0) is 16.7. The van der Waals surface area contributed by atoms with Crippen LogP contribution < -0.4 is 9.47 Å². The monoisotopic (exact) mass is 317 g/mol. The van der Waals surface area contributed by atoms with E-state index in [9.17, 15) is 14.5 Å². The third-order valence-corrected chi connectivity index (χ3v) is 3.00. The number of nitro groups is 1. The van der Waals surface area contributed by atoms with Crippen molar-refractivity contribution in [2.24, 2.45) is 0 Å². The molecule has 0 atom stereocenters. The summed E-state index contributed by atoms with van der Waals surface area (Å²) in [5, 5.41) is 10.4. The van der Waals surface area contributed by atoms with Crippen LogP contribution in [-0.4, -0.2) is 11.5 Å². The molecule has 23 heavy (non-hydrogen) atoms. The quantitative estimate of drug-likeness (QED) is 0.571. The minimum Gasteiger partial charge on any atom is -0.490 e. The van der Waals surface area contributed by atoms with E-state index in [1.54, 1.807) is 36.4 Å². The van der Waals surface area contributed by atoms with E-state index in [4.69, 9.17) is 9.47 Å². The van der Waals surface area contributed by atoms with Crippen molar-refractivity contribution in [2.75, 3.05) is 6.61 Å². The number of rotatable bonds is 7. The molecule has 0 saturated carbocycles. The maximum atomic E-state index is 13.6. The van der Waals surface area contributed by atoms with Crippen molar-refractivity contribution >= 4 is 6.08 Å².